The maximum Gasteiger partial charge on any atom is 0.332 e. The van der Waals surface area contributed by atoms with Gasteiger partial charge in [0.2, 0.25) is 0 Å². The van der Waals surface area contributed by atoms with E-state index in [0.29, 0.717) is 17.9 Å². The number of carbonyl (C=O) groups is 1. The van der Waals surface area contributed by atoms with Crippen LogP contribution in [0.2, 0.25) is 0 Å². The van der Waals surface area contributed by atoms with Gasteiger partial charge in [-0.2, -0.15) is 0 Å². The van der Waals surface area contributed by atoms with Crippen molar-refractivity contribution >= 4 is 5.97 Å². The number of hydrogen-bond acceptors (Lipinski definition) is 3. The van der Waals surface area contributed by atoms with Crippen LogP contribution in [0.1, 0.15) is 46.0 Å². The third-order valence-corrected chi connectivity index (χ3v) is 4.34. The molecule has 98 valence electrons. The van der Waals surface area contributed by atoms with Gasteiger partial charge in [-0.1, -0.05) is 13.3 Å². The van der Waals surface area contributed by atoms with Crippen LogP contribution in [-0.4, -0.2) is 25.8 Å². The highest BCUT2D eigenvalue weighted by Crippen LogP contribution is 2.61. The summed E-state index contributed by atoms with van der Waals surface area (Å²) >= 11 is 0. The lowest BCUT2D eigenvalue weighted by atomic mass is 9.48. The molecule has 2 aliphatic rings. The largest absolute Gasteiger partial charge is 0.464 e. The van der Waals surface area contributed by atoms with Crippen LogP contribution in [0.15, 0.2) is 0 Å². The van der Waals surface area contributed by atoms with Gasteiger partial charge in [-0.05, 0) is 49.9 Å². The van der Waals surface area contributed by atoms with Gasteiger partial charge in [0.25, 0.3) is 0 Å². The Morgan fingerprint density at radius 1 is 1.18 bits per heavy atom. The third kappa shape index (κ3) is 3.01. The van der Waals surface area contributed by atoms with Crippen molar-refractivity contribution in [1.82, 2.24) is 0 Å². The molecule has 0 amide bonds. The molecule has 0 saturated heterocycles. The molecule has 0 aromatic heterocycles. The van der Waals surface area contributed by atoms with Crippen LogP contribution in [0, 0.1) is 17.3 Å². The third-order valence-electron chi connectivity index (χ3n) is 4.34. The highest BCUT2D eigenvalue weighted by Gasteiger charge is 2.51. The van der Waals surface area contributed by atoms with Gasteiger partial charge in [0.1, 0.15) is 6.61 Å². The van der Waals surface area contributed by atoms with Crippen LogP contribution in [0.4, 0.5) is 0 Å². The Hall–Kier alpha value is -0.570. The van der Waals surface area contributed by atoms with E-state index in [0.717, 1.165) is 12.5 Å². The highest BCUT2D eigenvalue weighted by atomic mass is 16.6. The first-order valence-corrected chi connectivity index (χ1v) is 6.91. The van der Waals surface area contributed by atoms with E-state index in [-0.39, 0.29) is 12.6 Å². The first-order chi connectivity index (χ1) is 8.17. The maximum absolute atomic E-state index is 11.1. The van der Waals surface area contributed by atoms with Gasteiger partial charge in [0.15, 0.2) is 0 Å². The summed E-state index contributed by atoms with van der Waals surface area (Å²) in [6.45, 7) is 5.39. The lowest BCUT2D eigenvalue weighted by molar-refractivity contribution is -0.151. The zero-order valence-electron chi connectivity index (χ0n) is 11.0. The standard InChI is InChI=1S/C14H24O3/c1-3-11-5-14(6-11)7-12(8-14)9-16-10-13(15)17-4-2/h11-12H,3-10H2,1-2H3. The van der Waals surface area contributed by atoms with E-state index in [1.807, 2.05) is 6.92 Å². The monoisotopic (exact) mass is 240 g/mol. The molecule has 2 fully saturated rings. The van der Waals surface area contributed by atoms with Crippen molar-refractivity contribution in [2.45, 2.75) is 46.0 Å². The fraction of sp³-hybridized carbons (Fsp3) is 0.929. The number of rotatable bonds is 6. The van der Waals surface area contributed by atoms with Crippen molar-refractivity contribution in [3.05, 3.63) is 0 Å². The molecule has 0 bridgehead atoms. The van der Waals surface area contributed by atoms with E-state index >= 15 is 0 Å². The zero-order valence-corrected chi connectivity index (χ0v) is 11.0. The van der Waals surface area contributed by atoms with Crippen LogP contribution in [0.5, 0.6) is 0 Å². The lowest BCUT2D eigenvalue weighted by Crippen LogP contribution is -2.48. The van der Waals surface area contributed by atoms with Crippen LogP contribution < -0.4 is 0 Å². The molecule has 3 heteroatoms. The summed E-state index contributed by atoms with van der Waals surface area (Å²) in [6, 6.07) is 0. The molecule has 0 aliphatic heterocycles. The maximum atomic E-state index is 11.1. The van der Waals surface area contributed by atoms with Gasteiger partial charge in [-0.15, -0.1) is 0 Å². The topological polar surface area (TPSA) is 35.5 Å². The second-order valence-electron chi connectivity index (χ2n) is 5.78. The van der Waals surface area contributed by atoms with Crippen molar-refractivity contribution in [3.8, 4) is 0 Å². The van der Waals surface area contributed by atoms with E-state index < -0.39 is 0 Å². The molecule has 0 unspecified atom stereocenters. The fourth-order valence-electron chi connectivity index (χ4n) is 3.58. The molecule has 0 heterocycles. The molecular weight excluding hydrogens is 216 g/mol. The highest BCUT2D eigenvalue weighted by molar-refractivity contribution is 5.70. The van der Waals surface area contributed by atoms with E-state index in [1.165, 1.54) is 32.1 Å². The van der Waals surface area contributed by atoms with Crippen molar-refractivity contribution in [1.29, 1.82) is 0 Å². The second-order valence-corrected chi connectivity index (χ2v) is 5.78. The number of carbonyl (C=O) groups excluding carboxylic acids is 1. The molecule has 2 aliphatic carbocycles. The summed E-state index contributed by atoms with van der Waals surface area (Å²) in [6.07, 6.45) is 6.82. The minimum Gasteiger partial charge on any atom is -0.464 e. The van der Waals surface area contributed by atoms with E-state index in [4.69, 9.17) is 9.47 Å². The molecule has 2 saturated carbocycles. The lowest BCUT2D eigenvalue weighted by Gasteiger charge is -2.58. The number of hydrogen-bond donors (Lipinski definition) is 0. The summed E-state index contributed by atoms with van der Waals surface area (Å²) in [5, 5.41) is 0. The van der Waals surface area contributed by atoms with Crippen LogP contribution in [0.25, 0.3) is 0 Å². The molecule has 1 spiro atoms. The van der Waals surface area contributed by atoms with Crippen molar-refractivity contribution < 1.29 is 14.3 Å². The summed E-state index contributed by atoms with van der Waals surface area (Å²) < 4.78 is 10.2. The average molecular weight is 240 g/mol. The van der Waals surface area contributed by atoms with Gasteiger partial charge in [0, 0.05) is 0 Å². The average Bonchev–Trinajstić information content (AvgIpc) is 2.19. The summed E-state index contributed by atoms with van der Waals surface area (Å²) in [4.78, 5) is 11.1. The van der Waals surface area contributed by atoms with Crippen LogP contribution >= 0.6 is 0 Å². The minimum atomic E-state index is -0.240. The molecule has 0 atom stereocenters. The van der Waals surface area contributed by atoms with E-state index in [9.17, 15) is 4.79 Å². The van der Waals surface area contributed by atoms with Gasteiger partial charge in [-0.3, -0.25) is 0 Å². The Morgan fingerprint density at radius 2 is 1.82 bits per heavy atom. The molecular formula is C14H24O3. The minimum absolute atomic E-state index is 0.120. The molecule has 0 N–H and O–H groups in total. The van der Waals surface area contributed by atoms with E-state index in [1.54, 1.807) is 0 Å². The Balaban J connectivity index is 1.52. The Labute approximate surface area is 104 Å². The van der Waals surface area contributed by atoms with Crippen molar-refractivity contribution in [3.63, 3.8) is 0 Å². The Kier molecular flexibility index (Phi) is 4.08. The zero-order chi connectivity index (χ0) is 12.3. The second kappa shape index (κ2) is 5.38. The molecule has 0 aromatic rings. The fourth-order valence-corrected chi connectivity index (χ4v) is 3.58. The van der Waals surface area contributed by atoms with Gasteiger partial charge in [-0.25, -0.2) is 4.79 Å². The first kappa shape index (κ1) is 12.9. The Bertz CT molecular complexity index is 261. The molecule has 2 rings (SSSR count). The molecule has 17 heavy (non-hydrogen) atoms. The van der Waals surface area contributed by atoms with E-state index in [2.05, 4.69) is 6.92 Å². The predicted octanol–water partition coefficient (Wildman–Crippen LogP) is 2.78. The normalized spacial score (nSPS) is 35.2. The number of esters is 1. The predicted molar refractivity (Wildman–Crippen MR) is 65.6 cm³/mol. The number of ether oxygens (including phenoxy) is 2. The van der Waals surface area contributed by atoms with Gasteiger partial charge in [0.05, 0.1) is 13.2 Å². The van der Waals surface area contributed by atoms with Gasteiger partial charge >= 0.3 is 5.97 Å². The van der Waals surface area contributed by atoms with Crippen molar-refractivity contribution in [2.75, 3.05) is 19.8 Å². The molecule has 3 nitrogen and oxygen atoms in total. The molecule has 0 radical (unpaired) electrons. The van der Waals surface area contributed by atoms with Crippen LogP contribution in [0.3, 0.4) is 0 Å². The summed E-state index contributed by atoms with van der Waals surface area (Å²) in [7, 11) is 0. The summed E-state index contributed by atoms with van der Waals surface area (Å²) in [5.74, 6) is 1.43. The van der Waals surface area contributed by atoms with Crippen molar-refractivity contribution in [2.24, 2.45) is 17.3 Å². The first-order valence-electron chi connectivity index (χ1n) is 6.91. The smallest absolute Gasteiger partial charge is 0.332 e. The van der Waals surface area contributed by atoms with Gasteiger partial charge < -0.3 is 9.47 Å². The SMILES string of the molecule is CCOC(=O)COCC1CC2(CC(CC)C2)C1. The molecule has 0 aromatic carbocycles. The quantitative estimate of drug-likeness (QED) is 0.670. The Morgan fingerprint density at radius 3 is 2.41 bits per heavy atom. The summed E-state index contributed by atoms with van der Waals surface area (Å²) in [5.41, 5.74) is 0.679. The van der Waals surface area contributed by atoms with Crippen LogP contribution in [-0.2, 0) is 14.3 Å².